The van der Waals surface area contributed by atoms with E-state index < -0.39 is 0 Å². The molecule has 1 aromatic carbocycles. The average molecular weight is 309 g/mol. The zero-order valence-electron chi connectivity index (χ0n) is 14.2. The lowest BCUT2D eigenvalue weighted by atomic mass is 9.96. The Morgan fingerprint density at radius 3 is 1.90 bits per heavy atom. The minimum Gasteiger partial charge on any atom is -0.118 e. The number of alkyl halides is 1. The first-order valence-corrected chi connectivity index (χ1v) is 9.36. The van der Waals surface area contributed by atoms with Crippen molar-refractivity contribution in [2.24, 2.45) is 0 Å². The molecule has 0 fully saturated rings. The van der Waals surface area contributed by atoms with Crippen molar-refractivity contribution in [2.75, 3.05) is 0 Å². The number of hydrogen-bond acceptors (Lipinski definition) is 0. The van der Waals surface area contributed by atoms with E-state index in [0.717, 1.165) is 6.42 Å². The van der Waals surface area contributed by atoms with Crippen molar-refractivity contribution in [3.05, 3.63) is 35.4 Å². The molecule has 0 radical (unpaired) electrons. The van der Waals surface area contributed by atoms with Gasteiger partial charge in [0.1, 0.15) is 0 Å². The fourth-order valence-corrected chi connectivity index (χ4v) is 3.02. The van der Waals surface area contributed by atoms with Crippen LogP contribution in [-0.2, 0) is 0 Å². The molecule has 1 rings (SSSR count). The smallest absolute Gasteiger partial charge is 0.0585 e. The maximum atomic E-state index is 6.53. The molecule has 0 aliphatic carbocycles. The number of benzene rings is 1. The Balaban J connectivity index is 2.24. The monoisotopic (exact) mass is 308 g/mol. The molecule has 0 heterocycles. The van der Waals surface area contributed by atoms with Gasteiger partial charge in [0.15, 0.2) is 0 Å². The summed E-state index contributed by atoms with van der Waals surface area (Å²) < 4.78 is 0. The number of unbranched alkanes of at least 4 members (excludes halogenated alkanes) is 6. The summed E-state index contributed by atoms with van der Waals surface area (Å²) in [5, 5.41) is 0.187. The van der Waals surface area contributed by atoms with Gasteiger partial charge in [-0.1, -0.05) is 90.0 Å². The van der Waals surface area contributed by atoms with Gasteiger partial charge in [0, 0.05) is 0 Å². The second-order valence-electron chi connectivity index (χ2n) is 6.35. The van der Waals surface area contributed by atoms with Gasteiger partial charge < -0.3 is 0 Å². The Labute approximate surface area is 137 Å². The Hall–Kier alpha value is -0.490. The molecular weight excluding hydrogens is 276 g/mol. The molecule has 0 saturated heterocycles. The zero-order valence-corrected chi connectivity index (χ0v) is 15.0. The van der Waals surface area contributed by atoms with Crippen LogP contribution in [-0.4, -0.2) is 0 Å². The maximum Gasteiger partial charge on any atom is 0.0585 e. The highest BCUT2D eigenvalue weighted by atomic mass is 35.5. The van der Waals surface area contributed by atoms with Crippen molar-refractivity contribution in [1.82, 2.24) is 0 Å². The van der Waals surface area contributed by atoms with Crippen LogP contribution >= 0.6 is 11.6 Å². The van der Waals surface area contributed by atoms with E-state index in [1.807, 2.05) is 0 Å². The van der Waals surface area contributed by atoms with Crippen molar-refractivity contribution >= 4 is 11.6 Å². The van der Waals surface area contributed by atoms with E-state index in [1.165, 1.54) is 62.5 Å². The molecule has 21 heavy (non-hydrogen) atoms. The molecule has 0 aromatic heterocycles. The van der Waals surface area contributed by atoms with Gasteiger partial charge in [-0.25, -0.2) is 0 Å². The molecule has 120 valence electrons. The number of halogens is 1. The molecule has 0 N–H and O–H groups in total. The summed E-state index contributed by atoms with van der Waals surface area (Å²) in [6.45, 7) is 6.79. The molecule has 0 aliphatic heterocycles. The lowest BCUT2D eigenvalue weighted by molar-refractivity contribution is 0.572. The topological polar surface area (TPSA) is 0 Å². The standard InChI is InChI=1S/C20H33Cl/c1-4-6-7-8-9-10-11-12-20(21)19-15-13-18(14-16-19)17(3)5-2/h13-17,20H,4-12H2,1-3H3. The van der Waals surface area contributed by atoms with Crippen LogP contribution in [0, 0.1) is 0 Å². The van der Waals surface area contributed by atoms with Crippen LogP contribution in [0.1, 0.15) is 101 Å². The lowest BCUT2D eigenvalue weighted by Crippen LogP contribution is -1.94. The fraction of sp³-hybridized carbons (Fsp3) is 0.700. The van der Waals surface area contributed by atoms with E-state index >= 15 is 0 Å². The molecule has 0 nitrogen and oxygen atoms in total. The van der Waals surface area contributed by atoms with Gasteiger partial charge in [-0.2, -0.15) is 0 Å². The van der Waals surface area contributed by atoms with Crippen LogP contribution in [0.4, 0.5) is 0 Å². The van der Waals surface area contributed by atoms with Crippen molar-refractivity contribution < 1.29 is 0 Å². The van der Waals surface area contributed by atoms with E-state index in [-0.39, 0.29) is 5.38 Å². The van der Waals surface area contributed by atoms with Gasteiger partial charge in [-0.3, -0.25) is 0 Å². The van der Waals surface area contributed by atoms with Gasteiger partial charge in [-0.15, -0.1) is 11.6 Å². The summed E-state index contributed by atoms with van der Waals surface area (Å²) >= 11 is 6.53. The first-order valence-electron chi connectivity index (χ1n) is 8.92. The molecular formula is C20H33Cl. The van der Waals surface area contributed by atoms with Crippen molar-refractivity contribution in [3.63, 3.8) is 0 Å². The molecule has 2 atom stereocenters. The number of hydrogen-bond donors (Lipinski definition) is 0. The van der Waals surface area contributed by atoms with Gasteiger partial charge in [-0.05, 0) is 29.9 Å². The van der Waals surface area contributed by atoms with Gasteiger partial charge in [0.05, 0.1) is 5.38 Å². The predicted octanol–water partition coefficient (Wildman–Crippen LogP) is 7.62. The van der Waals surface area contributed by atoms with Crippen LogP contribution in [0.25, 0.3) is 0 Å². The Bertz CT molecular complexity index is 355. The third kappa shape index (κ3) is 7.36. The molecule has 2 unspecified atom stereocenters. The van der Waals surface area contributed by atoms with Gasteiger partial charge in [0.25, 0.3) is 0 Å². The maximum absolute atomic E-state index is 6.53. The Morgan fingerprint density at radius 1 is 0.810 bits per heavy atom. The second-order valence-corrected chi connectivity index (χ2v) is 6.88. The third-order valence-corrected chi connectivity index (χ3v) is 5.01. The average Bonchev–Trinajstić information content (AvgIpc) is 2.53. The Morgan fingerprint density at radius 2 is 1.33 bits per heavy atom. The zero-order chi connectivity index (χ0) is 15.5. The summed E-state index contributed by atoms with van der Waals surface area (Å²) in [6.07, 6.45) is 11.8. The quantitative estimate of drug-likeness (QED) is 0.291. The summed E-state index contributed by atoms with van der Waals surface area (Å²) in [4.78, 5) is 0. The fourth-order valence-electron chi connectivity index (χ4n) is 2.72. The third-order valence-electron chi connectivity index (χ3n) is 4.54. The van der Waals surface area contributed by atoms with E-state index in [9.17, 15) is 0 Å². The normalized spacial score (nSPS) is 14.1. The van der Waals surface area contributed by atoms with Crippen LogP contribution in [0.15, 0.2) is 24.3 Å². The highest BCUT2D eigenvalue weighted by Gasteiger charge is 2.09. The summed E-state index contributed by atoms with van der Waals surface area (Å²) in [5.41, 5.74) is 2.72. The number of rotatable bonds is 11. The van der Waals surface area contributed by atoms with E-state index in [4.69, 9.17) is 11.6 Å². The molecule has 0 bridgehead atoms. The SMILES string of the molecule is CCCCCCCCCC(Cl)c1ccc(C(C)CC)cc1. The molecule has 0 aliphatic rings. The second kappa shape index (κ2) is 11.1. The molecule has 0 saturated carbocycles. The first kappa shape index (κ1) is 18.6. The van der Waals surface area contributed by atoms with Crippen LogP contribution in [0.2, 0.25) is 0 Å². The van der Waals surface area contributed by atoms with Gasteiger partial charge >= 0.3 is 0 Å². The van der Waals surface area contributed by atoms with Crippen molar-refractivity contribution in [1.29, 1.82) is 0 Å². The minimum atomic E-state index is 0.187. The molecule has 1 aromatic rings. The predicted molar refractivity (Wildman–Crippen MR) is 96.4 cm³/mol. The van der Waals surface area contributed by atoms with Crippen LogP contribution < -0.4 is 0 Å². The summed E-state index contributed by atoms with van der Waals surface area (Å²) in [6, 6.07) is 8.95. The largest absolute Gasteiger partial charge is 0.118 e. The van der Waals surface area contributed by atoms with Crippen LogP contribution in [0.5, 0.6) is 0 Å². The Kier molecular flexibility index (Phi) is 9.83. The first-order chi connectivity index (χ1) is 10.2. The van der Waals surface area contributed by atoms with Gasteiger partial charge in [0.2, 0.25) is 0 Å². The highest BCUT2D eigenvalue weighted by Crippen LogP contribution is 2.28. The lowest BCUT2D eigenvalue weighted by Gasteiger charge is -2.13. The van der Waals surface area contributed by atoms with E-state index in [2.05, 4.69) is 45.0 Å². The van der Waals surface area contributed by atoms with E-state index in [1.54, 1.807) is 0 Å². The summed E-state index contributed by atoms with van der Waals surface area (Å²) in [5.74, 6) is 0.649. The molecule has 1 heteroatoms. The minimum absolute atomic E-state index is 0.187. The van der Waals surface area contributed by atoms with E-state index in [0.29, 0.717) is 5.92 Å². The van der Waals surface area contributed by atoms with Crippen LogP contribution in [0.3, 0.4) is 0 Å². The van der Waals surface area contributed by atoms with Crippen molar-refractivity contribution in [3.8, 4) is 0 Å². The highest BCUT2D eigenvalue weighted by molar-refractivity contribution is 6.20. The molecule has 0 spiro atoms. The van der Waals surface area contributed by atoms with Crippen molar-refractivity contribution in [2.45, 2.75) is 89.9 Å². The molecule has 0 amide bonds. The summed E-state index contributed by atoms with van der Waals surface area (Å²) in [7, 11) is 0.